The van der Waals surface area contributed by atoms with Crippen LogP contribution in [0, 0.1) is 0 Å². The van der Waals surface area contributed by atoms with E-state index in [1.165, 1.54) is 36.7 Å². The van der Waals surface area contributed by atoms with Gasteiger partial charge in [-0.05, 0) is 12.1 Å². The van der Waals surface area contributed by atoms with Crippen molar-refractivity contribution in [2.45, 2.75) is 13.1 Å². The van der Waals surface area contributed by atoms with Crippen molar-refractivity contribution in [1.82, 2.24) is 19.4 Å². The third-order valence-electron chi connectivity index (χ3n) is 2.61. The Hall–Kier alpha value is -2.31. The van der Waals surface area contributed by atoms with Crippen LogP contribution in [0.25, 0.3) is 0 Å². The molecule has 0 saturated heterocycles. The highest BCUT2D eigenvalue weighted by atomic mass is 19.3. The standard InChI is InChI=1S/C12H12F2N4O/c1-17(11(19)9-2-4-15-5-3-9)8-10-16-6-7-18(10)12(13)14/h2-7,12H,8H2,1H3. The van der Waals surface area contributed by atoms with E-state index in [1.54, 1.807) is 12.1 Å². The van der Waals surface area contributed by atoms with Gasteiger partial charge in [-0.2, -0.15) is 8.78 Å². The van der Waals surface area contributed by atoms with Gasteiger partial charge in [0.05, 0.1) is 6.54 Å². The Labute approximate surface area is 108 Å². The second-order valence-electron chi connectivity index (χ2n) is 3.93. The number of halogens is 2. The maximum Gasteiger partial charge on any atom is 0.319 e. The van der Waals surface area contributed by atoms with Gasteiger partial charge in [0.25, 0.3) is 5.91 Å². The first kappa shape index (κ1) is 13.1. The summed E-state index contributed by atoms with van der Waals surface area (Å²) in [6.07, 6.45) is 5.47. The first-order chi connectivity index (χ1) is 9.09. The molecule has 5 nitrogen and oxygen atoms in total. The zero-order valence-electron chi connectivity index (χ0n) is 10.2. The lowest BCUT2D eigenvalue weighted by atomic mass is 10.2. The minimum atomic E-state index is -2.66. The number of nitrogens with zero attached hydrogens (tertiary/aromatic N) is 4. The van der Waals surface area contributed by atoms with E-state index in [1.807, 2.05) is 0 Å². The summed E-state index contributed by atoms with van der Waals surface area (Å²) in [5, 5.41) is 0. The molecule has 0 atom stereocenters. The number of aromatic nitrogens is 3. The molecule has 0 aromatic carbocycles. The fourth-order valence-corrected chi connectivity index (χ4v) is 1.64. The second kappa shape index (κ2) is 5.55. The Bertz CT molecular complexity index is 556. The van der Waals surface area contributed by atoms with Crippen LogP contribution < -0.4 is 0 Å². The van der Waals surface area contributed by atoms with Crippen LogP contribution >= 0.6 is 0 Å². The van der Waals surface area contributed by atoms with Crippen molar-refractivity contribution in [2.75, 3.05) is 7.05 Å². The summed E-state index contributed by atoms with van der Waals surface area (Å²) in [7, 11) is 1.53. The maximum absolute atomic E-state index is 12.6. The average Bonchev–Trinajstić information content (AvgIpc) is 2.87. The fourth-order valence-electron chi connectivity index (χ4n) is 1.64. The van der Waals surface area contributed by atoms with Gasteiger partial charge in [0.2, 0.25) is 0 Å². The van der Waals surface area contributed by atoms with Crippen molar-refractivity contribution in [3.8, 4) is 0 Å². The molecule has 100 valence electrons. The highest BCUT2D eigenvalue weighted by Crippen LogP contribution is 2.14. The minimum absolute atomic E-state index is 0.0124. The molecule has 2 aromatic heterocycles. The van der Waals surface area contributed by atoms with Crippen LogP contribution in [0.5, 0.6) is 0 Å². The van der Waals surface area contributed by atoms with E-state index in [0.29, 0.717) is 5.56 Å². The smallest absolute Gasteiger partial charge is 0.319 e. The second-order valence-corrected chi connectivity index (χ2v) is 3.93. The van der Waals surface area contributed by atoms with E-state index in [9.17, 15) is 13.6 Å². The van der Waals surface area contributed by atoms with Gasteiger partial charge in [0.1, 0.15) is 5.82 Å². The van der Waals surface area contributed by atoms with Gasteiger partial charge in [-0.1, -0.05) is 0 Å². The molecular weight excluding hydrogens is 254 g/mol. The van der Waals surface area contributed by atoms with Gasteiger partial charge in [-0.15, -0.1) is 0 Å². The molecule has 2 heterocycles. The summed E-state index contributed by atoms with van der Waals surface area (Å²) in [5.41, 5.74) is 0.452. The lowest BCUT2D eigenvalue weighted by Crippen LogP contribution is -2.27. The third-order valence-corrected chi connectivity index (χ3v) is 2.61. The van der Waals surface area contributed by atoms with Crippen LogP contribution in [-0.4, -0.2) is 32.4 Å². The van der Waals surface area contributed by atoms with Crippen molar-refractivity contribution < 1.29 is 13.6 Å². The summed E-state index contributed by atoms with van der Waals surface area (Å²) >= 11 is 0. The van der Waals surface area contributed by atoms with E-state index in [4.69, 9.17) is 0 Å². The monoisotopic (exact) mass is 266 g/mol. The molecule has 0 radical (unpaired) electrons. The molecule has 0 saturated carbocycles. The van der Waals surface area contributed by atoms with Crippen LogP contribution in [0.4, 0.5) is 8.78 Å². The number of hydrogen-bond acceptors (Lipinski definition) is 3. The molecule has 0 aliphatic carbocycles. The van der Waals surface area contributed by atoms with Crippen LogP contribution in [0.1, 0.15) is 22.7 Å². The highest BCUT2D eigenvalue weighted by molar-refractivity contribution is 5.93. The zero-order chi connectivity index (χ0) is 13.8. The van der Waals surface area contributed by atoms with Crippen LogP contribution in [0.3, 0.4) is 0 Å². The summed E-state index contributed by atoms with van der Waals surface area (Å²) in [6.45, 7) is -2.65. The van der Waals surface area contributed by atoms with Crippen LogP contribution in [0.2, 0.25) is 0 Å². The van der Waals surface area contributed by atoms with Gasteiger partial charge in [-0.3, -0.25) is 14.3 Å². The Kier molecular flexibility index (Phi) is 3.84. The molecule has 0 fully saturated rings. The number of carbonyl (C=O) groups excluding carboxylic acids is 1. The maximum atomic E-state index is 12.6. The molecule has 7 heteroatoms. The largest absolute Gasteiger partial charge is 0.334 e. The fraction of sp³-hybridized carbons (Fsp3) is 0.250. The van der Waals surface area contributed by atoms with Gasteiger partial charge in [0.15, 0.2) is 0 Å². The highest BCUT2D eigenvalue weighted by Gasteiger charge is 2.17. The van der Waals surface area contributed by atoms with Crippen molar-refractivity contribution >= 4 is 5.91 Å². The van der Waals surface area contributed by atoms with E-state index in [2.05, 4.69) is 9.97 Å². The molecule has 19 heavy (non-hydrogen) atoms. The van der Waals surface area contributed by atoms with E-state index in [0.717, 1.165) is 4.57 Å². The lowest BCUT2D eigenvalue weighted by Gasteiger charge is -2.17. The molecule has 2 aromatic rings. The van der Waals surface area contributed by atoms with Crippen molar-refractivity contribution in [3.05, 3.63) is 48.3 Å². The quantitative estimate of drug-likeness (QED) is 0.849. The summed E-state index contributed by atoms with van der Waals surface area (Å²) in [5.74, 6) is -0.133. The lowest BCUT2D eigenvalue weighted by molar-refractivity contribution is 0.0612. The topological polar surface area (TPSA) is 51.0 Å². The first-order valence-electron chi connectivity index (χ1n) is 5.55. The van der Waals surface area contributed by atoms with Gasteiger partial charge >= 0.3 is 6.55 Å². The minimum Gasteiger partial charge on any atom is -0.334 e. The molecule has 2 rings (SSSR count). The number of pyridine rings is 1. The third kappa shape index (κ3) is 2.93. The molecule has 0 unspecified atom stereocenters. The number of imidazole rings is 1. The number of alkyl halides is 2. The summed E-state index contributed by atoms with van der Waals surface area (Å²) in [6, 6.07) is 3.14. The molecule has 1 amide bonds. The number of amides is 1. The zero-order valence-corrected chi connectivity index (χ0v) is 10.2. The van der Waals surface area contributed by atoms with E-state index < -0.39 is 6.55 Å². The van der Waals surface area contributed by atoms with E-state index >= 15 is 0 Å². The average molecular weight is 266 g/mol. The number of hydrogen-bond donors (Lipinski definition) is 0. The van der Waals surface area contributed by atoms with E-state index in [-0.39, 0.29) is 18.3 Å². The SMILES string of the molecule is CN(Cc1nccn1C(F)F)C(=O)c1ccncc1. The normalized spacial score (nSPS) is 10.7. The first-order valence-corrected chi connectivity index (χ1v) is 5.55. The molecule has 0 N–H and O–H groups in total. The molecule has 0 aliphatic heterocycles. The molecular formula is C12H12F2N4O. The molecule has 0 spiro atoms. The molecule has 0 aliphatic rings. The Morgan fingerprint density at radius 2 is 2.05 bits per heavy atom. The number of rotatable bonds is 4. The Balaban J connectivity index is 2.11. The van der Waals surface area contributed by atoms with Crippen molar-refractivity contribution in [3.63, 3.8) is 0 Å². The Morgan fingerprint density at radius 1 is 1.37 bits per heavy atom. The predicted molar refractivity (Wildman–Crippen MR) is 63.5 cm³/mol. The van der Waals surface area contributed by atoms with Crippen molar-refractivity contribution in [2.24, 2.45) is 0 Å². The van der Waals surface area contributed by atoms with Gasteiger partial charge in [0, 0.05) is 37.4 Å². The van der Waals surface area contributed by atoms with Crippen molar-refractivity contribution in [1.29, 1.82) is 0 Å². The Morgan fingerprint density at radius 3 is 2.68 bits per heavy atom. The van der Waals surface area contributed by atoms with Gasteiger partial charge in [-0.25, -0.2) is 4.98 Å². The van der Waals surface area contributed by atoms with Crippen LogP contribution in [-0.2, 0) is 6.54 Å². The summed E-state index contributed by atoms with van der Waals surface area (Å²) in [4.78, 5) is 21.0. The number of carbonyl (C=O) groups is 1. The molecule has 0 bridgehead atoms. The van der Waals surface area contributed by atoms with Gasteiger partial charge < -0.3 is 4.90 Å². The summed E-state index contributed by atoms with van der Waals surface area (Å²) < 4.78 is 26.0. The van der Waals surface area contributed by atoms with Crippen LogP contribution in [0.15, 0.2) is 36.9 Å². The predicted octanol–water partition coefficient (Wildman–Crippen LogP) is 1.95.